The van der Waals surface area contributed by atoms with Crippen molar-refractivity contribution in [3.8, 4) is 0 Å². The molecule has 0 saturated heterocycles. The third kappa shape index (κ3) is 72.0. The van der Waals surface area contributed by atoms with Gasteiger partial charge < -0.3 is 20.4 Å². The number of aliphatic hydroxyl groups is 4. The van der Waals surface area contributed by atoms with Gasteiger partial charge in [-0.3, -0.25) is 0 Å². The molecule has 0 aliphatic heterocycles. The SMILES string of the molecule is CCCCCCCCC=CCCCCCCCCO.CCCCO.CCCCO.CCCCO.[Ti]. The number of rotatable bonds is 21. The average molecular weight is 539 g/mol. The zero-order chi connectivity index (χ0) is 26.4. The Bertz CT molecular complexity index is 282. The molecule has 5 heteroatoms. The van der Waals surface area contributed by atoms with Gasteiger partial charge in [0.05, 0.1) is 0 Å². The van der Waals surface area contributed by atoms with Crippen LogP contribution >= 0.6 is 0 Å². The number of allylic oxidation sites excluding steroid dienone is 2. The Kier molecular flexibility index (Phi) is 71.1. The Morgan fingerprint density at radius 3 is 0.857 bits per heavy atom. The van der Waals surface area contributed by atoms with Gasteiger partial charge in [0, 0.05) is 48.1 Å². The Morgan fingerprint density at radius 2 is 0.600 bits per heavy atom. The first-order valence-electron chi connectivity index (χ1n) is 14.7. The zero-order valence-corrected chi connectivity index (χ0v) is 26.0. The molecule has 0 aliphatic rings. The van der Waals surface area contributed by atoms with Crippen molar-refractivity contribution < 1.29 is 42.1 Å². The maximum absolute atomic E-state index is 8.66. The molecule has 0 aromatic heterocycles. The van der Waals surface area contributed by atoms with E-state index in [0.29, 0.717) is 26.4 Å². The van der Waals surface area contributed by atoms with E-state index in [1.165, 1.54) is 83.5 Å². The molecule has 0 saturated carbocycles. The molecule has 0 aliphatic carbocycles. The first kappa shape index (κ1) is 45.2. The zero-order valence-electron chi connectivity index (χ0n) is 24.4. The van der Waals surface area contributed by atoms with Gasteiger partial charge in [0.25, 0.3) is 0 Å². The van der Waals surface area contributed by atoms with Crippen molar-refractivity contribution in [2.75, 3.05) is 26.4 Å². The average Bonchev–Trinajstić information content (AvgIpc) is 2.84. The fraction of sp³-hybridized carbons (Fsp3) is 0.933. The van der Waals surface area contributed by atoms with Crippen molar-refractivity contribution in [2.24, 2.45) is 0 Å². The van der Waals surface area contributed by atoms with Gasteiger partial charge in [-0.05, 0) is 51.4 Å². The molecule has 0 bridgehead atoms. The molecule has 0 aromatic carbocycles. The largest absolute Gasteiger partial charge is 0.396 e. The molecule has 0 heterocycles. The van der Waals surface area contributed by atoms with Crippen LogP contribution in [-0.4, -0.2) is 46.9 Å². The second-order valence-corrected chi connectivity index (χ2v) is 8.89. The van der Waals surface area contributed by atoms with Crippen LogP contribution in [0.1, 0.15) is 156 Å². The molecule has 0 amide bonds. The minimum absolute atomic E-state index is 0. The Balaban J connectivity index is -0.000000152. The van der Waals surface area contributed by atoms with Crippen LogP contribution < -0.4 is 0 Å². The molecule has 0 rings (SSSR count). The topological polar surface area (TPSA) is 80.9 Å². The summed E-state index contributed by atoms with van der Waals surface area (Å²) < 4.78 is 0. The molecule has 0 aromatic rings. The van der Waals surface area contributed by atoms with Gasteiger partial charge in [0.2, 0.25) is 0 Å². The van der Waals surface area contributed by atoms with Gasteiger partial charge in [-0.1, -0.05) is 117 Å². The number of hydrogen-bond donors (Lipinski definition) is 4. The van der Waals surface area contributed by atoms with E-state index < -0.39 is 0 Å². The maximum atomic E-state index is 8.66. The van der Waals surface area contributed by atoms with Crippen molar-refractivity contribution >= 4 is 0 Å². The van der Waals surface area contributed by atoms with Crippen molar-refractivity contribution in [1.29, 1.82) is 0 Å². The van der Waals surface area contributed by atoms with E-state index in [1.54, 1.807) is 0 Å². The summed E-state index contributed by atoms with van der Waals surface area (Å²) in [6.45, 7) is 9.82. The third-order valence-corrected chi connectivity index (χ3v) is 5.20. The summed E-state index contributed by atoms with van der Waals surface area (Å²) in [6, 6.07) is 0. The quantitative estimate of drug-likeness (QED) is 0.0672. The van der Waals surface area contributed by atoms with E-state index in [0.717, 1.165) is 44.9 Å². The van der Waals surface area contributed by atoms with E-state index in [9.17, 15) is 0 Å². The molecule has 0 radical (unpaired) electrons. The van der Waals surface area contributed by atoms with Crippen LogP contribution in [0.4, 0.5) is 0 Å². The summed E-state index contributed by atoms with van der Waals surface area (Å²) in [5.41, 5.74) is 0. The summed E-state index contributed by atoms with van der Waals surface area (Å²) in [5.74, 6) is 0. The Hall–Kier alpha value is 0.294. The molecule has 0 atom stereocenters. The first-order chi connectivity index (χ1) is 16.7. The van der Waals surface area contributed by atoms with E-state index in [-0.39, 0.29) is 21.7 Å². The van der Waals surface area contributed by atoms with Crippen LogP contribution in [0.3, 0.4) is 0 Å². The van der Waals surface area contributed by atoms with Gasteiger partial charge in [-0.25, -0.2) is 0 Å². The second kappa shape index (κ2) is 55.0. The first-order valence-corrected chi connectivity index (χ1v) is 14.7. The molecule has 4 nitrogen and oxygen atoms in total. The van der Waals surface area contributed by atoms with Gasteiger partial charge in [-0.2, -0.15) is 0 Å². The van der Waals surface area contributed by atoms with E-state index in [4.69, 9.17) is 20.4 Å². The molecule has 0 fully saturated rings. The molecule has 35 heavy (non-hydrogen) atoms. The van der Waals surface area contributed by atoms with Gasteiger partial charge in [0.15, 0.2) is 0 Å². The van der Waals surface area contributed by atoms with Crippen LogP contribution in [0.15, 0.2) is 12.2 Å². The van der Waals surface area contributed by atoms with E-state index in [2.05, 4.69) is 39.8 Å². The molecular weight excluding hydrogens is 472 g/mol. The minimum Gasteiger partial charge on any atom is -0.396 e. The summed E-state index contributed by atoms with van der Waals surface area (Å²) in [5, 5.41) is 32.9. The normalized spacial score (nSPS) is 9.83. The summed E-state index contributed by atoms with van der Waals surface area (Å²) >= 11 is 0. The molecule has 4 N–H and O–H groups in total. The van der Waals surface area contributed by atoms with Gasteiger partial charge in [0.1, 0.15) is 0 Å². The summed E-state index contributed by atoms with van der Waals surface area (Å²) in [4.78, 5) is 0. The predicted molar refractivity (Wildman–Crippen MR) is 153 cm³/mol. The minimum atomic E-state index is 0. The smallest absolute Gasteiger partial charge is 0.0431 e. The Morgan fingerprint density at radius 1 is 0.343 bits per heavy atom. The second-order valence-electron chi connectivity index (χ2n) is 8.89. The van der Waals surface area contributed by atoms with Crippen LogP contribution in [0, 0.1) is 0 Å². The third-order valence-electron chi connectivity index (χ3n) is 5.20. The molecule has 214 valence electrons. The number of unbranched alkanes of at least 4 members (excludes halogenated alkanes) is 15. The fourth-order valence-corrected chi connectivity index (χ4v) is 2.83. The number of hydrogen-bond acceptors (Lipinski definition) is 4. The van der Waals surface area contributed by atoms with Crippen LogP contribution in [0.2, 0.25) is 0 Å². The Labute approximate surface area is 236 Å². The van der Waals surface area contributed by atoms with Crippen LogP contribution in [0.25, 0.3) is 0 Å². The standard InChI is InChI=1S/C18H36O.3C4H10O.Ti/c1-2-3-4-5-6-7-8-9-10-11-12-13-14-15-16-17-18-19;3*1-2-3-4-5;/h9-10,19H,2-8,11-18H2,1H3;3*5H,2-4H2,1H3;. The summed E-state index contributed by atoms with van der Waals surface area (Å²) in [7, 11) is 0. The van der Waals surface area contributed by atoms with Crippen LogP contribution in [0.5, 0.6) is 0 Å². The molecule has 0 spiro atoms. The van der Waals surface area contributed by atoms with Gasteiger partial charge >= 0.3 is 0 Å². The van der Waals surface area contributed by atoms with Crippen LogP contribution in [-0.2, 0) is 21.7 Å². The maximum Gasteiger partial charge on any atom is 0.0431 e. The fourth-order valence-electron chi connectivity index (χ4n) is 2.83. The van der Waals surface area contributed by atoms with Crippen molar-refractivity contribution in [2.45, 2.75) is 156 Å². The monoisotopic (exact) mass is 538 g/mol. The van der Waals surface area contributed by atoms with Crippen molar-refractivity contribution in [1.82, 2.24) is 0 Å². The predicted octanol–water partition coefficient (Wildman–Crippen LogP) is 8.35. The number of aliphatic hydroxyl groups excluding tert-OH is 4. The molecule has 0 unspecified atom stereocenters. The van der Waals surface area contributed by atoms with Crippen molar-refractivity contribution in [3.63, 3.8) is 0 Å². The molecular formula is C30H66O4Ti. The summed E-state index contributed by atoms with van der Waals surface area (Å²) in [6.07, 6.45) is 29.3. The van der Waals surface area contributed by atoms with Crippen molar-refractivity contribution in [3.05, 3.63) is 12.2 Å². The van der Waals surface area contributed by atoms with E-state index in [1.807, 2.05) is 0 Å². The van der Waals surface area contributed by atoms with Gasteiger partial charge in [-0.15, -0.1) is 0 Å². The van der Waals surface area contributed by atoms with E-state index >= 15 is 0 Å².